The molecular weight excluding hydrogens is 324 g/mol. The molecule has 0 radical (unpaired) electrons. The van der Waals surface area contributed by atoms with E-state index in [-0.39, 0.29) is 6.10 Å². The van der Waals surface area contributed by atoms with Crippen LogP contribution in [0.1, 0.15) is 29.5 Å². The Hall–Kier alpha value is -2.04. The number of fused-ring (bicyclic) bond motifs is 1. The smallest absolute Gasteiger partial charge is 0.127 e. The number of benzene rings is 2. The minimum absolute atomic E-state index is 0.239. The van der Waals surface area contributed by atoms with Gasteiger partial charge in [0.2, 0.25) is 0 Å². The van der Waals surface area contributed by atoms with E-state index in [0.29, 0.717) is 11.8 Å². The van der Waals surface area contributed by atoms with Crippen molar-refractivity contribution in [2.24, 2.45) is 11.7 Å². The Labute approximate surface area is 155 Å². The summed E-state index contributed by atoms with van der Waals surface area (Å²) >= 11 is 0. The van der Waals surface area contributed by atoms with Gasteiger partial charge in [-0.3, -0.25) is 4.90 Å². The topological polar surface area (TPSA) is 47.7 Å². The van der Waals surface area contributed by atoms with Crippen LogP contribution in [0.25, 0.3) is 0 Å². The van der Waals surface area contributed by atoms with Crippen LogP contribution < -0.4 is 15.2 Å². The van der Waals surface area contributed by atoms with Crippen molar-refractivity contribution in [1.29, 1.82) is 0 Å². The van der Waals surface area contributed by atoms with E-state index in [0.717, 1.165) is 44.1 Å². The maximum Gasteiger partial charge on any atom is 0.127 e. The summed E-state index contributed by atoms with van der Waals surface area (Å²) in [5, 5.41) is 0. The molecule has 0 saturated carbocycles. The number of ether oxygens (including phenoxy) is 2. The van der Waals surface area contributed by atoms with Crippen LogP contribution in [0, 0.1) is 5.92 Å². The highest BCUT2D eigenvalue weighted by atomic mass is 16.5. The fourth-order valence-corrected chi connectivity index (χ4v) is 4.46. The van der Waals surface area contributed by atoms with E-state index >= 15 is 0 Å². The molecule has 1 unspecified atom stereocenters. The zero-order valence-corrected chi connectivity index (χ0v) is 15.7. The number of hydrogen-bond donors (Lipinski definition) is 1. The molecule has 3 atom stereocenters. The van der Waals surface area contributed by atoms with Crippen LogP contribution in [0.3, 0.4) is 0 Å². The van der Waals surface area contributed by atoms with E-state index in [2.05, 4.69) is 54.3 Å². The molecule has 2 aliphatic heterocycles. The molecule has 2 heterocycles. The molecule has 4 rings (SSSR count). The van der Waals surface area contributed by atoms with Gasteiger partial charge in [0, 0.05) is 43.1 Å². The summed E-state index contributed by atoms with van der Waals surface area (Å²) in [5.74, 6) is 2.98. The minimum atomic E-state index is 0.239. The predicted octanol–water partition coefficient (Wildman–Crippen LogP) is 3.19. The maximum absolute atomic E-state index is 6.11. The molecule has 1 saturated heterocycles. The third-order valence-electron chi connectivity index (χ3n) is 5.72. The van der Waals surface area contributed by atoms with Crippen LogP contribution in [0.4, 0.5) is 0 Å². The van der Waals surface area contributed by atoms with Gasteiger partial charge in [-0.15, -0.1) is 0 Å². The first-order valence-electron chi connectivity index (χ1n) is 9.51. The van der Waals surface area contributed by atoms with Crippen molar-refractivity contribution in [2.75, 3.05) is 26.7 Å². The molecule has 0 aliphatic carbocycles. The molecule has 138 valence electrons. The number of rotatable bonds is 5. The first-order chi connectivity index (χ1) is 12.7. The van der Waals surface area contributed by atoms with Gasteiger partial charge >= 0.3 is 0 Å². The van der Waals surface area contributed by atoms with Crippen molar-refractivity contribution < 1.29 is 9.47 Å². The summed E-state index contributed by atoms with van der Waals surface area (Å²) in [6, 6.07) is 15.0. The molecule has 2 aromatic carbocycles. The van der Waals surface area contributed by atoms with Gasteiger partial charge in [0.25, 0.3) is 0 Å². The number of nitrogens with zero attached hydrogens (tertiary/aromatic N) is 1. The van der Waals surface area contributed by atoms with E-state index in [1.807, 2.05) is 0 Å². The third kappa shape index (κ3) is 3.31. The second-order valence-corrected chi connectivity index (χ2v) is 7.61. The largest absolute Gasteiger partial charge is 0.497 e. The Morgan fingerprint density at radius 3 is 2.73 bits per heavy atom. The molecule has 2 aliphatic rings. The number of hydrogen-bond acceptors (Lipinski definition) is 4. The molecule has 4 nitrogen and oxygen atoms in total. The Balaban J connectivity index is 1.56. The average molecular weight is 352 g/mol. The SMILES string of the molecule is COc1cc2c(c(CN3C[C@@H](CN)[C@H](c4ccccc4)C3)c1)OC(C)C2. The molecule has 0 aromatic heterocycles. The van der Waals surface area contributed by atoms with E-state index in [9.17, 15) is 0 Å². The summed E-state index contributed by atoms with van der Waals surface area (Å²) in [5.41, 5.74) is 9.99. The molecule has 0 spiro atoms. The average Bonchev–Trinajstić information content (AvgIpc) is 3.24. The first-order valence-corrected chi connectivity index (χ1v) is 9.51. The Morgan fingerprint density at radius 2 is 2.00 bits per heavy atom. The van der Waals surface area contributed by atoms with Gasteiger partial charge < -0.3 is 15.2 Å². The van der Waals surface area contributed by atoms with Crippen molar-refractivity contribution in [3.05, 3.63) is 59.2 Å². The van der Waals surface area contributed by atoms with Crippen LogP contribution in [0.15, 0.2) is 42.5 Å². The first kappa shape index (κ1) is 17.4. The van der Waals surface area contributed by atoms with Crippen LogP contribution in [-0.2, 0) is 13.0 Å². The van der Waals surface area contributed by atoms with E-state index in [4.69, 9.17) is 15.2 Å². The summed E-state index contributed by atoms with van der Waals surface area (Å²) < 4.78 is 11.6. The third-order valence-corrected chi connectivity index (χ3v) is 5.72. The van der Waals surface area contributed by atoms with Gasteiger partial charge in [-0.05, 0) is 37.1 Å². The fourth-order valence-electron chi connectivity index (χ4n) is 4.46. The lowest BCUT2D eigenvalue weighted by Crippen LogP contribution is -2.23. The molecule has 0 amide bonds. The van der Waals surface area contributed by atoms with Gasteiger partial charge in [0.05, 0.1) is 7.11 Å². The Bertz CT molecular complexity index is 762. The predicted molar refractivity (Wildman–Crippen MR) is 104 cm³/mol. The van der Waals surface area contributed by atoms with Gasteiger partial charge in [-0.1, -0.05) is 30.3 Å². The Morgan fingerprint density at radius 1 is 1.19 bits per heavy atom. The zero-order chi connectivity index (χ0) is 18.1. The number of nitrogens with two attached hydrogens (primary N) is 1. The number of likely N-dealkylation sites (tertiary alicyclic amines) is 1. The number of methoxy groups -OCH3 is 1. The minimum Gasteiger partial charge on any atom is -0.497 e. The van der Waals surface area contributed by atoms with E-state index < -0.39 is 0 Å². The van der Waals surface area contributed by atoms with Gasteiger partial charge in [0.1, 0.15) is 17.6 Å². The van der Waals surface area contributed by atoms with Gasteiger partial charge in [-0.25, -0.2) is 0 Å². The van der Waals surface area contributed by atoms with E-state index in [1.165, 1.54) is 16.7 Å². The normalized spacial score (nSPS) is 25.1. The summed E-state index contributed by atoms with van der Waals surface area (Å²) in [6.45, 7) is 5.79. The second-order valence-electron chi connectivity index (χ2n) is 7.61. The van der Waals surface area contributed by atoms with Crippen molar-refractivity contribution in [1.82, 2.24) is 4.90 Å². The second kappa shape index (κ2) is 7.29. The van der Waals surface area contributed by atoms with Crippen molar-refractivity contribution in [3.8, 4) is 11.5 Å². The highest BCUT2D eigenvalue weighted by Gasteiger charge is 2.34. The van der Waals surface area contributed by atoms with Crippen molar-refractivity contribution in [3.63, 3.8) is 0 Å². The quantitative estimate of drug-likeness (QED) is 0.898. The van der Waals surface area contributed by atoms with Crippen LogP contribution in [-0.4, -0.2) is 37.7 Å². The molecule has 0 bridgehead atoms. The standard InChI is InChI=1S/C22H28N2O2/c1-15-8-17-9-20(25-2)10-18(22(17)26-15)12-24-13-19(11-23)21(14-24)16-6-4-3-5-7-16/h3-7,9-10,15,19,21H,8,11-14,23H2,1-2H3/t15?,19-,21+/m1/s1. The van der Waals surface area contributed by atoms with Crippen molar-refractivity contribution in [2.45, 2.75) is 31.9 Å². The maximum atomic E-state index is 6.11. The molecule has 2 aromatic rings. The van der Waals surface area contributed by atoms with Gasteiger partial charge in [0.15, 0.2) is 0 Å². The van der Waals surface area contributed by atoms with Crippen LogP contribution in [0.2, 0.25) is 0 Å². The summed E-state index contributed by atoms with van der Waals surface area (Å²) in [6.07, 6.45) is 1.20. The van der Waals surface area contributed by atoms with Crippen LogP contribution in [0.5, 0.6) is 11.5 Å². The lowest BCUT2D eigenvalue weighted by Gasteiger charge is -2.19. The zero-order valence-electron chi connectivity index (χ0n) is 15.7. The Kier molecular flexibility index (Phi) is 4.88. The summed E-state index contributed by atoms with van der Waals surface area (Å²) in [4.78, 5) is 2.51. The molecule has 2 N–H and O–H groups in total. The molecular formula is C22H28N2O2. The highest BCUT2D eigenvalue weighted by molar-refractivity contribution is 5.50. The van der Waals surface area contributed by atoms with Crippen molar-refractivity contribution >= 4 is 0 Å². The van der Waals surface area contributed by atoms with E-state index in [1.54, 1.807) is 7.11 Å². The fraction of sp³-hybridized carbons (Fsp3) is 0.455. The monoisotopic (exact) mass is 352 g/mol. The van der Waals surface area contributed by atoms with Crippen LogP contribution >= 0.6 is 0 Å². The molecule has 26 heavy (non-hydrogen) atoms. The lowest BCUT2D eigenvalue weighted by atomic mass is 9.89. The molecule has 1 fully saturated rings. The molecule has 4 heteroatoms. The van der Waals surface area contributed by atoms with Gasteiger partial charge in [-0.2, -0.15) is 0 Å². The highest BCUT2D eigenvalue weighted by Crippen LogP contribution is 2.39. The lowest BCUT2D eigenvalue weighted by molar-refractivity contribution is 0.245. The summed E-state index contributed by atoms with van der Waals surface area (Å²) in [7, 11) is 1.73.